The highest BCUT2D eigenvalue weighted by Crippen LogP contribution is 2.33. The zero-order valence-electron chi connectivity index (χ0n) is 18.6. The zero-order valence-corrected chi connectivity index (χ0v) is 19.4. The predicted octanol–water partition coefficient (Wildman–Crippen LogP) is 2.14. The number of fused-ring (bicyclic) bond motifs is 1. The molecule has 11 heteroatoms. The Morgan fingerprint density at radius 3 is 2.53 bits per heavy atom. The molecule has 34 heavy (non-hydrogen) atoms. The second-order valence-corrected chi connectivity index (χ2v) is 9.79. The third kappa shape index (κ3) is 4.37. The first kappa shape index (κ1) is 23.7. The van der Waals surface area contributed by atoms with E-state index in [4.69, 9.17) is 4.74 Å². The molecule has 2 aromatic carbocycles. The summed E-state index contributed by atoms with van der Waals surface area (Å²) in [4.78, 5) is 25.9. The number of carbonyl (C=O) groups excluding carboxylic acids is 1. The number of aromatic amines is 1. The lowest BCUT2D eigenvalue weighted by molar-refractivity contribution is -0.133. The number of nitrogens with one attached hydrogen (secondary N) is 2. The molecule has 3 N–H and O–H groups in total. The molecule has 1 aliphatic rings. The first-order valence-electron chi connectivity index (χ1n) is 11.0. The van der Waals surface area contributed by atoms with Crippen LogP contribution in [0.5, 0.6) is 5.75 Å². The van der Waals surface area contributed by atoms with Gasteiger partial charge in [0.1, 0.15) is 11.8 Å². The van der Waals surface area contributed by atoms with Crippen molar-refractivity contribution in [1.29, 1.82) is 0 Å². The lowest BCUT2D eigenvalue weighted by Crippen LogP contribution is -2.48. The summed E-state index contributed by atoms with van der Waals surface area (Å²) >= 11 is 0. The predicted molar refractivity (Wildman–Crippen MR) is 124 cm³/mol. The maximum absolute atomic E-state index is 13.5. The Bertz CT molecular complexity index is 1320. The standard InChI is InChI=1S/C23H26N4O6S/c1-2-3-15-33-17-9-11-18(12-10-17)34(31,32)26-14-13-19-20(21(26)22(28)25-30)23(29)27(24-19)16-7-5-4-6-8-16/h4-12,21,24,30H,2-3,13-15H2,1H3,(H,25,28). The van der Waals surface area contributed by atoms with Gasteiger partial charge in [-0.25, -0.2) is 18.6 Å². The maximum Gasteiger partial charge on any atom is 0.276 e. The molecule has 1 unspecified atom stereocenters. The average Bonchev–Trinajstić information content (AvgIpc) is 3.20. The fourth-order valence-electron chi connectivity index (χ4n) is 3.98. The minimum atomic E-state index is -4.18. The Morgan fingerprint density at radius 2 is 1.88 bits per heavy atom. The van der Waals surface area contributed by atoms with Gasteiger partial charge in [0.2, 0.25) is 10.0 Å². The molecule has 1 aliphatic heterocycles. The van der Waals surface area contributed by atoms with Crippen LogP contribution < -0.4 is 15.8 Å². The molecular weight excluding hydrogens is 460 g/mol. The van der Waals surface area contributed by atoms with Crippen molar-refractivity contribution in [3.05, 3.63) is 76.2 Å². The quantitative estimate of drug-likeness (QED) is 0.254. The van der Waals surface area contributed by atoms with Crippen molar-refractivity contribution in [2.45, 2.75) is 37.1 Å². The highest BCUT2D eigenvalue weighted by atomic mass is 32.2. The highest BCUT2D eigenvalue weighted by molar-refractivity contribution is 7.89. The smallest absolute Gasteiger partial charge is 0.276 e. The summed E-state index contributed by atoms with van der Waals surface area (Å²) < 4.78 is 34.8. The molecule has 2 heterocycles. The van der Waals surface area contributed by atoms with Crippen LogP contribution in [-0.2, 0) is 21.2 Å². The number of rotatable bonds is 8. The highest BCUT2D eigenvalue weighted by Gasteiger charge is 2.43. The maximum atomic E-state index is 13.5. The van der Waals surface area contributed by atoms with E-state index in [1.807, 2.05) is 6.92 Å². The van der Waals surface area contributed by atoms with Crippen molar-refractivity contribution in [3.8, 4) is 11.4 Å². The van der Waals surface area contributed by atoms with Crippen LogP contribution in [0.1, 0.15) is 37.1 Å². The topological polar surface area (TPSA) is 134 Å². The van der Waals surface area contributed by atoms with Crippen LogP contribution in [0.3, 0.4) is 0 Å². The van der Waals surface area contributed by atoms with Crippen LogP contribution in [0.4, 0.5) is 0 Å². The van der Waals surface area contributed by atoms with Gasteiger partial charge in [0.25, 0.3) is 11.5 Å². The molecule has 4 rings (SSSR count). The van der Waals surface area contributed by atoms with Gasteiger partial charge in [0.15, 0.2) is 0 Å². The number of hydrogen-bond acceptors (Lipinski definition) is 6. The number of sulfonamides is 1. The molecular formula is C23H26N4O6S. The molecule has 0 radical (unpaired) electrons. The number of H-pyrrole nitrogens is 1. The Hall–Kier alpha value is -3.41. The van der Waals surface area contributed by atoms with Crippen molar-refractivity contribution in [2.24, 2.45) is 0 Å². The summed E-state index contributed by atoms with van der Waals surface area (Å²) in [5.74, 6) is -0.477. The van der Waals surface area contributed by atoms with Gasteiger partial charge in [-0.1, -0.05) is 31.5 Å². The van der Waals surface area contributed by atoms with Gasteiger partial charge in [-0.15, -0.1) is 0 Å². The van der Waals surface area contributed by atoms with Gasteiger partial charge in [0, 0.05) is 18.7 Å². The van der Waals surface area contributed by atoms with E-state index >= 15 is 0 Å². The second-order valence-electron chi connectivity index (χ2n) is 7.90. The van der Waals surface area contributed by atoms with Gasteiger partial charge in [-0.05, 0) is 42.8 Å². The lowest BCUT2D eigenvalue weighted by Gasteiger charge is -2.32. The summed E-state index contributed by atoms with van der Waals surface area (Å²) in [5, 5.41) is 12.3. The largest absolute Gasteiger partial charge is 0.494 e. The van der Waals surface area contributed by atoms with Crippen molar-refractivity contribution in [2.75, 3.05) is 13.2 Å². The van der Waals surface area contributed by atoms with Crippen LogP contribution >= 0.6 is 0 Å². The minimum absolute atomic E-state index is 0.0234. The van der Waals surface area contributed by atoms with E-state index in [-0.39, 0.29) is 23.4 Å². The molecule has 10 nitrogen and oxygen atoms in total. The van der Waals surface area contributed by atoms with E-state index in [9.17, 15) is 23.2 Å². The number of amides is 1. The van der Waals surface area contributed by atoms with Gasteiger partial charge in [-0.3, -0.25) is 19.9 Å². The number of unbranched alkanes of at least 4 members (excludes halogenated alkanes) is 1. The number of hydroxylamine groups is 1. The number of aromatic nitrogens is 2. The average molecular weight is 487 g/mol. The molecule has 0 saturated carbocycles. The number of para-hydroxylation sites is 1. The summed E-state index contributed by atoms with van der Waals surface area (Å²) in [6.45, 7) is 2.51. The molecule has 0 spiro atoms. The van der Waals surface area contributed by atoms with E-state index in [2.05, 4.69) is 5.10 Å². The van der Waals surface area contributed by atoms with Gasteiger partial charge >= 0.3 is 0 Å². The number of ether oxygens (including phenoxy) is 1. The Kier molecular flexibility index (Phi) is 6.87. The normalized spacial score (nSPS) is 16.1. The lowest BCUT2D eigenvalue weighted by atomic mass is 10.0. The molecule has 180 valence electrons. The Balaban J connectivity index is 1.71. The van der Waals surface area contributed by atoms with Crippen LogP contribution in [-0.4, -0.2) is 46.8 Å². The Labute approximate surface area is 196 Å². The van der Waals surface area contributed by atoms with E-state index < -0.39 is 27.5 Å². The van der Waals surface area contributed by atoms with Crippen LogP contribution in [0.15, 0.2) is 64.3 Å². The van der Waals surface area contributed by atoms with Crippen molar-refractivity contribution in [3.63, 3.8) is 0 Å². The van der Waals surface area contributed by atoms with Gasteiger partial charge in [0.05, 0.1) is 22.8 Å². The monoisotopic (exact) mass is 486 g/mol. The van der Waals surface area contributed by atoms with Gasteiger partial charge in [-0.2, -0.15) is 4.31 Å². The fourth-order valence-corrected chi connectivity index (χ4v) is 5.54. The molecule has 1 atom stereocenters. The number of nitrogens with zero attached hydrogens (tertiary/aromatic N) is 2. The number of carbonyl (C=O) groups is 1. The van der Waals surface area contributed by atoms with Crippen LogP contribution in [0, 0.1) is 0 Å². The van der Waals surface area contributed by atoms with Crippen molar-refractivity contribution < 1.29 is 23.2 Å². The Morgan fingerprint density at radius 1 is 1.18 bits per heavy atom. The molecule has 0 fully saturated rings. The second kappa shape index (κ2) is 9.84. The molecule has 0 bridgehead atoms. The first-order chi connectivity index (χ1) is 16.4. The molecule has 0 aliphatic carbocycles. The number of benzene rings is 2. The summed E-state index contributed by atoms with van der Waals surface area (Å²) in [6.07, 6.45) is 2.05. The van der Waals surface area contributed by atoms with Crippen molar-refractivity contribution >= 4 is 15.9 Å². The van der Waals surface area contributed by atoms with E-state index in [1.54, 1.807) is 42.5 Å². The first-order valence-corrected chi connectivity index (χ1v) is 12.4. The molecule has 1 amide bonds. The van der Waals surface area contributed by atoms with Gasteiger partial charge < -0.3 is 4.74 Å². The number of hydrogen-bond donors (Lipinski definition) is 3. The fraction of sp³-hybridized carbons (Fsp3) is 0.304. The molecule has 1 aromatic heterocycles. The van der Waals surface area contributed by atoms with Crippen LogP contribution in [0.2, 0.25) is 0 Å². The summed E-state index contributed by atoms with van der Waals surface area (Å²) in [7, 11) is -4.18. The third-order valence-corrected chi connectivity index (χ3v) is 7.60. The van der Waals surface area contributed by atoms with Crippen molar-refractivity contribution in [1.82, 2.24) is 19.6 Å². The summed E-state index contributed by atoms with van der Waals surface area (Å²) in [5.41, 5.74) is 1.91. The van der Waals surface area contributed by atoms with E-state index in [0.717, 1.165) is 17.1 Å². The molecule has 3 aromatic rings. The summed E-state index contributed by atoms with van der Waals surface area (Å²) in [6, 6.07) is 13.1. The molecule has 0 saturated heterocycles. The third-order valence-electron chi connectivity index (χ3n) is 5.72. The minimum Gasteiger partial charge on any atom is -0.494 e. The zero-order chi connectivity index (χ0) is 24.3. The van der Waals surface area contributed by atoms with E-state index in [1.165, 1.54) is 22.3 Å². The SMILES string of the molecule is CCCCOc1ccc(S(=O)(=O)N2CCc3[nH]n(-c4ccccc4)c(=O)c3C2C(=O)NO)cc1. The van der Waals surface area contributed by atoms with Crippen LogP contribution in [0.25, 0.3) is 5.69 Å². The van der Waals surface area contributed by atoms with E-state index in [0.29, 0.717) is 23.7 Å².